The van der Waals surface area contributed by atoms with E-state index in [1.807, 2.05) is 41.0 Å². The van der Waals surface area contributed by atoms with Crippen molar-refractivity contribution in [2.24, 2.45) is 0 Å². The van der Waals surface area contributed by atoms with E-state index in [1.54, 1.807) is 7.11 Å². The van der Waals surface area contributed by atoms with Gasteiger partial charge in [-0.05, 0) is 31.3 Å². The first-order valence-electron chi connectivity index (χ1n) is 6.91. The summed E-state index contributed by atoms with van der Waals surface area (Å²) in [6.45, 7) is 2.71. The molecule has 2 fully saturated rings. The largest absolute Gasteiger partial charge is 0.495 e. The lowest BCUT2D eigenvalue weighted by molar-refractivity contribution is 0.373. The minimum atomic E-state index is -3.02. The van der Waals surface area contributed by atoms with Crippen LogP contribution in [0.2, 0.25) is 0 Å². The Morgan fingerprint density at radius 2 is 1.95 bits per heavy atom. The van der Waals surface area contributed by atoms with Crippen LogP contribution < -0.4 is 9.64 Å². The highest BCUT2D eigenvalue weighted by atomic mass is 32.2. The molecule has 3 rings (SSSR count). The van der Waals surface area contributed by atoms with Gasteiger partial charge >= 0.3 is 0 Å². The monoisotopic (exact) mass is 326 g/mol. The molecule has 2 aliphatic heterocycles. The van der Waals surface area contributed by atoms with Crippen molar-refractivity contribution >= 4 is 32.9 Å². The van der Waals surface area contributed by atoms with Gasteiger partial charge in [-0.3, -0.25) is 0 Å². The molecule has 2 saturated heterocycles. The number of methoxy groups -OCH3 is 1. The first kappa shape index (κ1) is 14.6. The second-order valence-corrected chi connectivity index (χ2v) is 7.84. The van der Waals surface area contributed by atoms with Crippen molar-refractivity contribution in [3.8, 4) is 5.75 Å². The highest BCUT2D eigenvalue weighted by Crippen LogP contribution is 2.38. The average molecular weight is 326 g/mol. The molecule has 114 valence electrons. The molecule has 0 radical (unpaired) electrons. The maximum Gasteiger partial charge on any atom is 0.176 e. The summed E-state index contributed by atoms with van der Waals surface area (Å²) < 4.78 is 29.4. The van der Waals surface area contributed by atoms with Crippen LogP contribution >= 0.6 is 12.2 Å². The summed E-state index contributed by atoms with van der Waals surface area (Å²) in [5.74, 6) is 1.03. The second-order valence-electron chi connectivity index (χ2n) is 5.32. The molecule has 1 aromatic rings. The van der Waals surface area contributed by atoms with Gasteiger partial charge in [0.25, 0.3) is 0 Å². The van der Waals surface area contributed by atoms with Gasteiger partial charge in [-0.25, -0.2) is 8.42 Å². The number of hydrogen-bond donors (Lipinski definition) is 0. The normalized spacial score (nSPS) is 27.0. The Kier molecular flexibility index (Phi) is 3.57. The molecular weight excluding hydrogens is 308 g/mol. The Bertz CT molecular complexity index is 675. The molecule has 0 amide bonds. The summed E-state index contributed by atoms with van der Waals surface area (Å²) in [6.07, 6.45) is 0. The minimum Gasteiger partial charge on any atom is -0.495 e. The van der Waals surface area contributed by atoms with Gasteiger partial charge in [0.05, 0.1) is 36.4 Å². The third-order valence-corrected chi connectivity index (χ3v) is 6.29. The zero-order valence-electron chi connectivity index (χ0n) is 12.0. The van der Waals surface area contributed by atoms with E-state index >= 15 is 0 Å². The van der Waals surface area contributed by atoms with Crippen LogP contribution in [0.4, 0.5) is 5.69 Å². The number of anilines is 1. The Labute approximate surface area is 130 Å². The molecule has 0 spiro atoms. The first-order chi connectivity index (χ1) is 9.98. The van der Waals surface area contributed by atoms with E-state index in [1.165, 1.54) is 0 Å². The molecule has 5 nitrogen and oxygen atoms in total. The summed E-state index contributed by atoms with van der Waals surface area (Å²) in [5.41, 5.74) is 0.841. The number of ether oxygens (including phenoxy) is 1. The van der Waals surface area contributed by atoms with Crippen molar-refractivity contribution < 1.29 is 13.2 Å². The fourth-order valence-corrected chi connectivity index (χ4v) is 5.71. The molecule has 1 aromatic carbocycles. The predicted molar refractivity (Wildman–Crippen MR) is 86.7 cm³/mol. The first-order valence-corrected chi connectivity index (χ1v) is 9.14. The standard InChI is InChI=1S/C14H18N2O3S2/c1-3-15-11-8-21(17,18)9-12(11)16(14(15)20)10-6-4-5-7-13(10)19-2/h4-7,11-12H,3,8-9H2,1-2H3/t11-,12-/m0/s1. The molecule has 0 N–H and O–H groups in total. The van der Waals surface area contributed by atoms with E-state index in [2.05, 4.69) is 0 Å². The molecular formula is C14H18N2O3S2. The number of benzene rings is 1. The lowest BCUT2D eigenvalue weighted by Gasteiger charge is -2.26. The molecule has 0 unspecified atom stereocenters. The number of para-hydroxylation sites is 2. The lowest BCUT2D eigenvalue weighted by Crippen LogP contribution is -2.37. The Morgan fingerprint density at radius 3 is 2.62 bits per heavy atom. The molecule has 2 atom stereocenters. The lowest BCUT2D eigenvalue weighted by atomic mass is 10.1. The van der Waals surface area contributed by atoms with Crippen molar-refractivity contribution in [2.75, 3.05) is 30.1 Å². The molecule has 2 heterocycles. The number of thiocarbonyl (C=S) groups is 1. The fourth-order valence-electron chi connectivity index (χ4n) is 3.26. The highest BCUT2D eigenvalue weighted by molar-refractivity contribution is 7.91. The summed E-state index contributed by atoms with van der Waals surface area (Å²) >= 11 is 5.58. The van der Waals surface area contributed by atoms with Crippen molar-refractivity contribution in [3.63, 3.8) is 0 Å². The number of hydrogen-bond acceptors (Lipinski definition) is 4. The summed E-state index contributed by atoms with van der Waals surface area (Å²) in [6, 6.07) is 7.41. The molecule has 0 aromatic heterocycles. The molecule has 2 aliphatic rings. The average Bonchev–Trinajstić information content (AvgIpc) is 2.87. The van der Waals surface area contributed by atoms with Crippen LogP contribution in [0.1, 0.15) is 6.92 Å². The van der Waals surface area contributed by atoms with Gasteiger partial charge in [-0.15, -0.1) is 0 Å². The van der Waals surface area contributed by atoms with Crippen LogP contribution in [-0.2, 0) is 9.84 Å². The maximum absolute atomic E-state index is 12.0. The van der Waals surface area contributed by atoms with Gasteiger partial charge in [0.15, 0.2) is 14.9 Å². The predicted octanol–water partition coefficient (Wildman–Crippen LogP) is 1.29. The van der Waals surface area contributed by atoms with E-state index < -0.39 is 9.84 Å². The van der Waals surface area contributed by atoms with Gasteiger partial charge in [0, 0.05) is 6.54 Å². The molecule has 7 heteroatoms. The Morgan fingerprint density at radius 1 is 1.29 bits per heavy atom. The van der Waals surface area contributed by atoms with E-state index in [-0.39, 0.29) is 23.6 Å². The minimum absolute atomic E-state index is 0.0580. The number of sulfone groups is 1. The number of likely N-dealkylation sites (N-methyl/N-ethyl adjacent to an activating group) is 1. The van der Waals surface area contributed by atoms with Gasteiger partial charge in [0.2, 0.25) is 0 Å². The van der Waals surface area contributed by atoms with Gasteiger partial charge in [-0.2, -0.15) is 0 Å². The quantitative estimate of drug-likeness (QED) is 0.780. The zero-order chi connectivity index (χ0) is 15.2. The van der Waals surface area contributed by atoms with E-state index in [0.29, 0.717) is 17.4 Å². The fraction of sp³-hybridized carbons (Fsp3) is 0.500. The van der Waals surface area contributed by atoms with Crippen molar-refractivity contribution in [2.45, 2.75) is 19.0 Å². The van der Waals surface area contributed by atoms with Crippen LogP contribution in [0.3, 0.4) is 0 Å². The van der Waals surface area contributed by atoms with Crippen molar-refractivity contribution in [3.05, 3.63) is 24.3 Å². The SMILES string of the molecule is CCN1C(=S)N(c2ccccc2OC)[C@H]2CS(=O)(=O)C[C@@H]21. The van der Waals surface area contributed by atoms with Crippen molar-refractivity contribution in [1.29, 1.82) is 0 Å². The summed E-state index contributed by atoms with van der Waals surface area (Å²) in [5, 5.41) is 0.687. The van der Waals surface area contributed by atoms with Gasteiger partial charge in [-0.1, -0.05) is 12.1 Å². The number of nitrogens with zero attached hydrogens (tertiary/aromatic N) is 2. The molecule has 21 heavy (non-hydrogen) atoms. The topological polar surface area (TPSA) is 49.9 Å². The molecule has 0 saturated carbocycles. The smallest absolute Gasteiger partial charge is 0.176 e. The van der Waals surface area contributed by atoms with Crippen LogP contribution in [0.25, 0.3) is 0 Å². The zero-order valence-corrected chi connectivity index (χ0v) is 13.7. The third-order valence-electron chi connectivity index (χ3n) is 4.16. The number of rotatable bonds is 3. The van der Waals surface area contributed by atoms with Crippen molar-refractivity contribution in [1.82, 2.24) is 4.90 Å². The van der Waals surface area contributed by atoms with Crippen LogP contribution in [-0.4, -0.2) is 55.7 Å². The Hall–Kier alpha value is -1.34. The van der Waals surface area contributed by atoms with E-state index in [4.69, 9.17) is 17.0 Å². The molecule has 0 bridgehead atoms. The second kappa shape index (κ2) is 5.14. The number of fused-ring (bicyclic) bond motifs is 1. The van der Waals surface area contributed by atoms with E-state index in [9.17, 15) is 8.42 Å². The molecule has 0 aliphatic carbocycles. The van der Waals surface area contributed by atoms with Crippen LogP contribution in [0.5, 0.6) is 5.75 Å². The van der Waals surface area contributed by atoms with Gasteiger partial charge < -0.3 is 14.5 Å². The Balaban J connectivity index is 2.07. The van der Waals surface area contributed by atoms with Crippen LogP contribution in [0, 0.1) is 0 Å². The highest BCUT2D eigenvalue weighted by Gasteiger charge is 2.51. The third kappa shape index (κ3) is 2.28. The summed E-state index contributed by atoms with van der Waals surface area (Å²) in [4.78, 5) is 3.96. The maximum atomic E-state index is 12.0. The van der Waals surface area contributed by atoms with E-state index in [0.717, 1.165) is 5.69 Å². The van der Waals surface area contributed by atoms with Crippen LogP contribution in [0.15, 0.2) is 24.3 Å². The van der Waals surface area contributed by atoms with Gasteiger partial charge in [0.1, 0.15) is 5.75 Å². The summed E-state index contributed by atoms with van der Waals surface area (Å²) in [7, 11) is -1.41.